The number of anilines is 1. The highest BCUT2D eigenvalue weighted by molar-refractivity contribution is 5.92. The monoisotopic (exact) mass is 256 g/mol. The van der Waals surface area contributed by atoms with Crippen molar-refractivity contribution in [3.05, 3.63) is 59.2 Å². The molecule has 0 fully saturated rings. The van der Waals surface area contributed by atoms with E-state index in [0.717, 1.165) is 11.1 Å². The normalized spacial score (nSPS) is 10.2. The molecule has 4 heteroatoms. The van der Waals surface area contributed by atoms with Crippen molar-refractivity contribution in [3.8, 4) is 5.75 Å². The average molecular weight is 256 g/mol. The Morgan fingerprint density at radius 1 is 1.16 bits per heavy atom. The maximum Gasteiger partial charge on any atom is 0.248 e. The van der Waals surface area contributed by atoms with Gasteiger partial charge >= 0.3 is 0 Å². The van der Waals surface area contributed by atoms with Crippen LogP contribution in [0.25, 0.3) is 0 Å². The van der Waals surface area contributed by atoms with Gasteiger partial charge in [0.15, 0.2) is 0 Å². The van der Waals surface area contributed by atoms with Gasteiger partial charge in [-0.1, -0.05) is 24.3 Å². The van der Waals surface area contributed by atoms with E-state index >= 15 is 0 Å². The summed E-state index contributed by atoms with van der Waals surface area (Å²) in [6.07, 6.45) is 0. The number of ether oxygens (including phenoxy) is 1. The molecule has 2 aromatic carbocycles. The lowest BCUT2D eigenvalue weighted by Crippen LogP contribution is -2.10. The molecule has 0 heterocycles. The Kier molecular flexibility index (Phi) is 3.71. The van der Waals surface area contributed by atoms with Crippen LogP contribution in [0, 0.1) is 6.92 Å². The largest absolute Gasteiger partial charge is 0.487 e. The van der Waals surface area contributed by atoms with Crippen LogP contribution in [-0.4, -0.2) is 5.91 Å². The summed E-state index contributed by atoms with van der Waals surface area (Å²) in [5.41, 5.74) is 14.2. The third-order valence-electron chi connectivity index (χ3n) is 2.92. The van der Waals surface area contributed by atoms with Crippen LogP contribution in [0.3, 0.4) is 0 Å². The Labute approximate surface area is 112 Å². The number of hydrogen-bond acceptors (Lipinski definition) is 3. The summed E-state index contributed by atoms with van der Waals surface area (Å²) < 4.78 is 5.66. The number of aryl methyl sites for hydroxylation is 1. The number of primary amides is 1. The molecule has 0 radical (unpaired) electrons. The van der Waals surface area contributed by atoms with Crippen molar-refractivity contribution in [2.24, 2.45) is 5.73 Å². The van der Waals surface area contributed by atoms with Crippen LogP contribution in [0.5, 0.6) is 5.75 Å². The van der Waals surface area contributed by atoms with Crippen LogP contribution in [-0.2, 0) is 6.61 Å². The lowest BCUT2D eigenvalue weighted by Gasteiger charge is -2.10. The lowest BCUT2D eigenvalue weighted by molar-refractivity contribution is 0.1000. The molecule has 0 aromatic heterocycles. The summed E-state index contributed by atoms with van der Waals surface area (Å²) in [6.45, 7) is 2.33. The van der Waals surface area contributed by atoms with Gasteiger partial charge in [-0.15, -0.1) is 0 Å². The van der Waals surface area contributed by atoms with Crippen LogP contribution in [0.15, 0.2) is 42.5 Å². The highest BCUT2D eigenvalue weighted by Gasteiger charge is 2.04. The van der Waals surface area contributed by atoms with Crippen LogP contribution < -0.4 is 16.2 Å². The SMILES string of the molecule is Cc1cccc(OCc2ccc(C(N)=O)cc2)c1N. The van der Waals surface area contributed by atoms with E-state index in [0.29, 0.717) is 23.6 Å². The highest BCUT2D eigenvalue weighted by atomic mass is 16.5. The number of carbonyl (C=O) groups excluding carboxylic acids is 1. The minimum Gasteiger partial charge on any atom is -0.487 e. The van der Waals surface area contributed by atoms with Crippen molar-refractivity contribution in [1.29, 1.82) is 0 Å². The third kappa shape index (κ3) is 3.04. The number of nitrogens with two attached hydrogens (primary N) is 2. The number of carbonyl (C=O) groups is 1. The second-order valence-corrected chi connectivity index (χ2v) is 4.34. The van der Waals surface area contributed by atoms with E-state index in [1.807, 2.05) is 37.3 Å². The molecule has 2 rings (SSSR count). The first kappa shape index (κ1) is 13.0. The number of hydrogen-bond donors (Lipinski definition) is 2. The highest BCUT2D eigenvalue weighted by Crippen LogP contribution is 2.25. The first-order chi connectivity index (χ1) is 9.08. The predicted octanol–water partition coefficient (Wildman–Crippen LogP) is 2.26. The van der Waals surface area contributed by atoms with Crippen molar-refractivity contribution in [2.75, 3.05) is 5.73 Å². The van der Waals surface area contributed by atoms with Crippen molar-refractivity contribution >= 4 is 11.6 Å². The summed E-state index contributed by atoms with van der Waals surface area (Å²) in [5, 5.41) is 0. The molecule has 0 aliphatic carbocycles. The Morgan fingerprint density at radius 2 is 1.84 bits per heavy atom. The van der Waals surface area contributed by atoms with E-state index in [4.69, 9.17) is 16.2 Å². The summed E-state index contributed by atoms with van der Waals surface area (Å²) in [4.78, 5) is 10.9. The first-order valence-electron chi connectivity index (χ1n) is 5.94. The first-order valence-corrected chi connectivity index (χ1v) is 5.94. The van der Waals surface area contributed by atoms with Gasteiger partial charge in [0, 0.05) is 5.56 Å². The van der Waals surface area contributed by atoms with Gasteiger partial charge < -0.3 is 16.2 Å². The Balaban J connectivity index is 2.06. The predicted molar refractivity (Wildman–Crippen MR) is 74.9 cm³/mol. The Bertz CT molecular complexity index is 592. The second kappa shape index (κ2) is 5.44. The maximum atomic E-state index is 10.9. The van der Waals surface area contributed by atoms with E-state index in [2.05, 4.69) is 0 Å². The quantitative estimate of drug-likeness (QED) is 0.823. The van der Waals surface area contributed by atoms with Gasteiger partial charge in [0.25, 0.3) is 0 Å². The van der Waals surface area contributed by atoms with Crippen LogP contribution >= 0.6 is 0 Å². The van der Waals surface area contributed by atoms with Crippen LogP contribution in [0.4, 0.5) is 5.69 Å². The molecule has 0 aliphatic heterocycles. The minimum absolute atomic E-state index is 0.396. The van der Waals surface area contributed by atoms with Gasteiger partial charge in [-0.25, -0.2) is 0 Å². The number of benzene rings is 2. The standard InChI is InChI=1S/C15H16N2O2/c1-10-3-2-4-13(14(10)16)19-9-11-5-7-12(8-6-11)15(17)18/h2-8H,9,16H2,1H3,(H2,17,18). The zero-order chi connectivity index (χ0) is 13.8. The van der Waals surface area contributed by atoms with Crippen molar-refractivity contribution in [2.45, 2.75) is 13.5 Å². The van der Waals surface area contributed by atoms with Crippen LogP contribution in [0.1, 0.15) is 21.5 Å². The molecular formula is C15H16N2O2. The number of rotatable bonds is 4. The van der Waals surface area contributed by atoms with E-state index in [9.17, 15) is 4.79 Å². The van der Waals surface area contributed by atoms with Crippen LogP contribution in [0.2, 0.25) is 0 Å². The van der Waals surface area contributed by atoms with Crippen molar-refractivity contribution < 1.29 is 9.53 Å². The molecule has 0 aliphatic rings. The second-order valence-electron chi connectivity index (χ2n) is 4.34. The van der Waals surface area contributed by atoms with Gasteiger partial charge in [0.05, 0.1) is 5.69 Å². The van der Waals surface area contributed by atoms with Crippen molar-refractivity contribution in [3.63, 3.8) is 0 Å². The molecular weight excluding hydrogens is 240 g/mol. The lowest BCUT2D eigenvalue weighted by atomic mass is 10.1. The fourth-order valence-corrected chi connectivity index (χ4v) is 1.71. The molecule has 98 valence electrons. The van der Waals surface area contributed by atoms with Gasteiger partial charge in [-0.05, 0) is 36.2 Å². The van der Waals surface area contributed by atoms with E-state index in [1.54, 1.807) is 12.1 Å². The molecule has 19 heavy (non-hydrogen) atoms. The number of amides is 1. The molecule has 1 amide bonds. The van der Waals surface area contributed by atoms with E-state index < -0.39 is 5.91 Å². The van der Waals surface area contributed by atoms with Crippen molar-refractivity contribution in [1.82, 2.24) is 0 Å². The topological polar surface area (TPSA) is 78.3 Å². The number of para-hydroxylation sites is 1. The zero-order valence-corrected chi connectivity index (χ0v) is 10.7. The van der Waals surface area contributed by atoms with E-state index in [1.165, 1.54) is 0 Å². The van der Waals surface area contributed by atoms with Gasteiger partial charge in [0.2, 0.25) is 5.91 Å². The summed E-state index contributed by atoms with van der Waals surface area (Å²) >= 11 is 0. The summed E-state index contributed by atoms with van der Waals surface area (Å²) in [5.74, 6) is 0.231. The molecule has 0 bridgehead atoms. The third-order valence-corrected chi connectivity index (χ3v) is 2.92. The fourth-order valence-electron chi connectivity index (χ4n) is 1.71. The maximum absolute atomic E-state index is 10.9. The molecule has 0 saturated heterocycles. The fraction of sp³-hybridized carbons (Fsp3) is 0.133. The molecule has 0 unspecified atom stereocenters. The molecule has 0 saturated carbocycles. The number of nitrogen functional groups attached to an aromatic ring is 1. The van der Waals surface area contributed by atoms with Gasteiger partial charge in [0.1, 0.15) is 12.4 Å². The average Bonchev–Trinajstić information content (AvgIpc) is 2.41. The molecule has 4 N–H and O–H groups in total. The van der Waals surface area contributed by atoms with E-state index in [-0.39, 0.29) is 0 Å². The zero-order valence-electron chi connectivity index (χ0n) is 10.7. The molecule has 0 atom stereocenters. The Morgan fingerprint density at radius 3 is 2.47 bits per heavy atom. The Hall–Kier alpha value is -2.49. The summed E-state index contributed by atoms with van der Waals surface area (Å²) in [6, 6.07) is 12.7. The molecule has 4 nitrogen and oxygen atoms in total. The minimum atomic E-state index is -0.435. The van der Waals surface area contributed by atoms with Gasteiger partial charge in [-0.2, -0.15) is 0 Å². The smallest absolute Gasteiger partial charge is 0.248 e. The molecule has 0 spiro atoms. The summed E-state index contributed by atoms with van der Waals surface area (Å²) in [7, 11) is 0. The van der Waals surface area contributed by atoms with Gasteiger partial charge in [-0.3, -0.25) is 4.79 Å². The molecule has 2 aromatic rings.